The van der Waals surface area contributed by atoms with E-state index in [1.807, 2.05) is 13.0 Å². The predicted molar refractivity (Wildman–Crippen MR) is 109 cm³/mol. The number of hydrogen-bond donors (Lipinski definition) is 1. The van der Waals surface area contributed by atoms with Crippen molar-refractivity contribution in [2.75, 3.05) is 41.0 Å². The molecule has 0 saturated carbocycles. The number of carbonyl (C=O) groups excluding carboxylic acids is 2. The second-order valence-corrected chi connectivity index (χ2v) is 6.40. The van der Waals surface area contributed by atoms with Crippen LogP contribution in [0.5, 0.6) is 11.5 Å². The molecule has 1 unspecified atom stereocenters. The summed E-state index contributed by atoms with van der Waals surface area (Å²) in [6, 6.07) is 6.93. The molecular weight excluding hydrogens is 374 g/mol. The Kier molecular flexibility index (Phi) is 10.3. The molecule has 1 aromatic rings. The largest absolute Gasteiger partial charge is 0.490 e. The summed E-state index contributed by atoms with van der Waals surface area (Å²) in [5, 5.41) is 12.0. The molecular formula is C21H29N3O5. The van der Waals surface area contributed by atoms with Crippen molar-refractivity contribution in [1.29, 1.82) is 5.26 Å². The third-order valence-electron chi connectivity index (χ3n) is 3.85. The summed E-state index contributed by atoms with van der Waals surface area (Å²) in [5.41, 5.74) is 0.589. The van der Waals surface area contributed by atoms with Crippen LogP contribution >= 0.6 is 0 Å². The SMILES string of the molecule is CCOc1cc(/C=C(\C#N)C(=O)NCCCOC)ccc1OC(C)C(=O)N(C)C. The van der Waals surface area contributed by atoms with E-state index in [9.17, 15) is 14.9 Å². The summed E-state index contributed by atoms with van der Waals surface area (Å²) >= 11 is 0. The van der Waals surface area contributed by atoms with Crippen molar-refractivity contribution in [3.05, 3.63) is 29.3 Å². The van der Waals surface area contributed by atoms with E-state index < -0.39 is 12.0 Å². The van der Waals surface area contributed by atoms with Crippen LogP contribution in [-0.4, -0.2) is 63.8 Å². The van der Waals surface area contributed by atoms with E-state index in [4.69, 9.17) is 14.2 Å². The zero-order chi connectivity index (χ0) is 21.8. The van der Waals surface area contributed by atoms with E-state index in [1.165, 1.54) is 11.0 Å². The van der Waals surface area contributed by atoms with Crippen LogP contribution in [0.2, 0.25) is 0 Å². The van der Waals surface area contributed by atoms with Gasteiger partial charge >= 0.3 is 0 Å². The number of nitrogens with zero attached hydrogens (tertiary/aromatic N) is 2. The average molecular weight is 403 g/mol. The number of nitrogens with one attached hydrogen (secondary N) is 1. The van der Waals surface area contributed by atoms with Gasteiger partial charge in [0, 0.05) is 34.4 Å². The van der Waals surface area contributed by atoms with E-state index >= 15 is 0 Å². The first kappa shape index (κ1) is 24.0. The van der Waals surface area contributed by atoms with Gasteiger partial charge in [0.2, 0.25) is 0 Å². The smallest absolute Gasteiger partial charge is 0.262 e. The topological polar surface area (TPSA) is 101 Å². The Labute approximate surface area is 172 Å². The van der Waals surface area contributed by atoms with Crippen LogP contribution in [0, 0.1) is 11.3 Å². The van der Waals surface area contributed by atoms with Gasteiger partial charge in [0.15, 0.2) is 17.6 Å². The fourth-order valence-electron chi connectivity index (χ4n) is 2.41. The molecule has 29 heavy (non-hydrogen) atoms. The number of methoxy groups -OCH3 is 1. The molecule has 1 atom stereocenters. The van der Waals surface area contributed by atoms with Gasteiger partial charge in [0.05, 0.1) is 6.61 Å². The van der Waals surface area contributed by atoms with Crippen molar-refractivity contribution in [2.24, 2.45) is 0 Å². The van der Waals surface area contributed by atoms with E-state index in [0.717, 1.165) is 0 Å². The molecule has 0 spiro atoms. The van der Waals surface area contributed by atoms with Gasteiger partial charge in [-0.1, -0.05) is 6.07 Å². The van der Waals surface area contributed by atoms with E-state index in [2.05, 4.69) is 5.32 Å². The maximum absolute atomic E-state index is 12.2. The molecule has 0 aliphatic heterocycles. The number of hydrogen-bond acceptors (Lipinski definition) is 6. The fourth-order valence-corrected chi connectivity index (χ4v) is 2.41. The molecule has 0 bridgehead atoms. The quantitative estimate of drug-likeness (QED) is 0.345. The van der Waals surface area contributed by atoms with Gasteiger partial charge in [-0.05, 0) is 44.0 Å². The molecule has 1 N–H and O–H groups in total. The minimum atomic E-state index is -0.682. The number of likely N-dealkylation sites (N-methyl/N-ethyl adjacent to an activating group) is 1. The second kappa shape index (κ2) is 12.4. The molecule has 0 aliphatic rings. The molecule has 0 fully saturated rings. The van der Waals surface area contributed by atoms with Crippen molar-refractivity contribution in [3.8, 4) is 17.6 Å². The Morgan fingerprint density at radius 2 is 2.03 bits per heavy atom. The standard InChI is InChI=1S/C21H29N3O5/c1-6-28-19-13-16(8-9-18(19)29-15(2)21(26)24(3)4)12-17(14-22)20(25)23-10-7-11-27-5/h8-9,12-13,15H,6-7,10-11H2,1-5H3,(H,23,25)/b17-12+. The lowest BCUT2D eigenvalue weighted by Crippen LogP contribution is -2.35. The fraction of sp³-hybridized carbons (Fsp3) is 0.476. The summed E-state index contributed by atoms with van der Waals surface area (Å²) in [4.78, 5) is 25.6. The minimum Gasteiger partial charge on any atom is -0.490 e. The zero-order valence-electron chi connectivity index (χ0n) is 17.7. The maximum Gasteiger partial charge on any atom is 0.262 e. The minimum absolute atomic E-state index is 0.0188. The molecule has 0 aliphatic carbocycles. The highest BCUT2D eigenvalue weighted by atomic mass is 16.5. The monoisotopic (exact) mass is 403 g/mol. The number of rotatable bonds is 11. The molecule has 0 heterocycles. The number of nitriles is 1. The lowest BCUT2D eigenvalue weighted by molar-refractivity contribution is -0.135. The maximum atomic E-state index is 12.2. The highest BCUT2D eigenvalue weighted by Crippen LogP contribution is 2.30. The van der Waals surface area contributed by atoms with Crippen LogP contribution < -0.4 is 14.8 Å². The summed E-state index contributed by atoms with van der Waals surface area (Å²) < 4.78 is 16.3. The number of ether oxygens (including phenoxy) is 3. The summed E-state index contributed by atoms with van der Waals surface area (Å²) in [5.74, 6) is 0.215. The van der Waals surface area contributed by atoms with Crippen LogP contribution in [0.3, 0.4) is 0 Å². The molecule has 8 nitrogen and oxygen atoms in total. The summed E-state index contributed by atoms with van der Waals surface area (Å²) in [6.45, 7) is 4.83. The summed E-state index contributed by atoms with van der Waals surface area (Å²) in [7, 11) is 4.90. The van der Waals surface area contributed by atoms with E-state index in [0.29, 0.717) is 43.2 Å². The first-order valence-electron chi connectivity index (χ1n) is 9.37. The third kappa shape index (κ3) is 7.84. The number of benzene rings is 1. The van der Waals surface area contributed by atoms with Gasteiger partial charge < -0.3 is 24.4 Å². The molecule has 0 radical (unpaired) electrons. The van der Waals surface area contributed by atoms with E-state index in [-0.39, 0.29) is 11.5 Å². The van der Waals surface area contributed by atoms with Gasteiger partial charge in [-0.3, -0.25) is 9.59 Å². The molecule has 2 amide bonds. The van der Waals surface area contributed by atoms with Crippen molar-refractivity contribution < 1.29 is 23.8 Å². The first-order valence-corrected chi connectivity index (χ1v) is 9.37. The van der Waals surface area contributed by atoms with Gasteiger partial charge in [0.1, 0.15) is 11.6 Å². The van der Waals surface area contributed by atoms with Crippen LogP contribution in [0.1, 0.15) is 25.8 Å². The van der Waals surface area contributed by atoms with Gasteiger partial charge in [0.25, 0.3) is 11.8 Å². The van der Waals surface area contributed by atoms with Crippen LogP contribution in [0.25, 0.3) is 6.08 Å². The normalized spacial score (nSPS) is 11.9. The molecule has 158 valence electrons. The van der Waals surface area contributed by atoms with Gasteiger partial charge in [-0.25, -0.2) is 0 Å². The Morgan fingerprint density at radius 1 is 1.31 bits per heavy atom. The number of amides is 2. The lowest BCUT2D eigenvalue weighted by atomic mass is 10.1. The third-order valence-corrected chi connectivity index (χ3v) is 3.85. The van der Waals surface area contributed by atoms with Crippen molar-refractivity contribution in [1.82, 2.24) is 10.2 Å². The predicted octanol–water partition coefficient (Wildman–Crippen LogP) is 2.00. The van der Waals surface area contributed by atoms with Crippen LogP contribution in [0.4, 0.5) is 0 Å². The second-order valence-electron chi connectivity index (χ2n) is 6.40. The summed E-state index contributed by atoms with van der Waals surface area (Å²) in [6.07, 6.45) is 1.45. The van der Waals surface area contributed by atoms with Gasteiger partial charge in [-0.15, -0.1) is 0 Å². The van der Waals surface area contributed by atoms with Gasteiger partial charge in [-0.2, -0.15) is 5.26 Å². The lowest BCUT2D eigenvalue weighted by Gasteiger charge is -2.20. The Morgan fingerprint density at radius 3 is 2.62 bits per heavy atom. The molecule has 1 aromatic carbocycles. The highest BCUT2D eigenvalue weighted by Gasteiger charge is 2.19. The first-order chi connectivity index (χ1) is 13.8. The molecule has 8 heteroatoms. The van der Waals surface area contributed by atoms with Crippen molar-refractivity contribution >= 4 is 17.9 Å². The molecule has 0 aromatic heterocycles. The van der Waals surface area contributed by atoms with Crippen LogP contribution in [0.15, 0.2) is 23.8 Å². The Bertz CT molecular complexity index is 768. The number of carbonyl (C=O) groups is 2. The zero-order valence-corrected chi connectivity index (χ0v) is 17.7. The highest BCUT2D eigenvalue weighted by molar-refractivity contribution is 6.01. The van der Waals surface area contributed by atoms with Crippen molar-refractivity contribution in [2.45, 2.75) is 26.4 Å². The average Bonchev–Trinajstić information content (AvgIpc) is 2.70. The molecule has 0 saturated heterocycles. The van der Waals surface area contributed by atoms with Crippen molar-refractivity contribution in [3.63, 3.8) is 0 Å². The molecule has 1 rings (SSSR count). The van der Waals surface area contributed by atoms with Crippen LogP contribution in [-0.2, 0) is 14.3 Å². The Balaban J connectivity index is 3.00. The Hall–Kier alpha value is -3.05. The van der Waals surface area contributed by atoms with E-state index in [1.54, 1.807) is 46.3 Å².